The Balaban J connectivity index is 1.93. The van der Waals surface area contributed by atoms with Crippen LogP contribution in [0.3, 0.4) is 0 Å². The number of rotatable bonds is 3. The average Bonchev–Trinajstić information content (AvgIpc) is 3.18. The summed E-state index contributed by atoms with van der Waals surface area (Å²) in [6, 6.07) is 4.89. The maximum absolute atomic E-state index is 12.3. The van der Waals surface area contributed by atoms with Crippen molar-refractivity contribution in [1.29, 1.82) is 0 Å². The summed E-state index contributed by atoms with van der Waals surface area (Å²) in [5.41, 5.74) is 0.134. The van der Waals surface area contributed by atoms with E-state index in [4.69, 9.17) is 4.84 Å². The Bertz CT molecular complexity index is 1100. The Morgan fingerprint density at radius 1 is 1.44 bits per heavy atom. The SMILES string of the molecule is Cn1[nH]cc(C2ON=C3c4c(cccc4S(C)(=O)=O)CC32C=O)c1=O. The number of aryl methyl sites for hydroxylation is 1. The molecule has 0 saturated heterocycles. The van der Waals surface area contributed by atoms with Gasteiger partial charge in [0.2, 0.25) is 0 Å². The Hall–Kier alpha value is -2.68. The molecule has 0 bridgehead atoms. The highest BCUT2D eigenvalue weighted by molar-refractivity contribution is 7.90. The van der Waals surface area contributed by atoms with Crippen LogP contribution in [0.4, 0.5) is 0 Å². The molecule has 1 aliphatic heterocycles. The molecule has 1 aromatic heterocycles. The zero-order chi connectivity index (χ0) is 18.0. The van der Waals surface area contributed by atoms with Gasteiger partial charge < -0.3 is 14.7 Å². The zero-order valence-corrected chi connectivity index (χ0v) is 14.3. The standard InChI is InChI=1S/C16H15N3O5S/c1-19-15(21)10(7-17-19)14-16(8-20)6-9-4-3-5-11(25(2,22)23)12(9)13(16)18-24-14/h3-5,7-8,14,17H,6H2,1-2H3. The molecule has 25 heavy (non-hydrogen) atoms. The minimum atomic E-state index is -3.51. The number of hydrogen-bond donors (Lipinski definition) is 1. The highest BCUT2D eigenvalue weighted by atomic mass is 32.2. The van der Waals surface area contributed by atoms with Crippen LogP contribution in [0.2, 0.25) is 0 Å². The highest BCUT2D eigenvalue weighted by Crippen LogP contribution is 2.51. The summed E-state index contributed by atoms with van der Waals surface area (Å²) in [7, 11) is -1.96. The van der Waals surface area contributed by atoms with Gasteiger partial charge in [0.25, 0.3) is 5.56 Å². The molecule has 0 radical (unpaired) electrons. The van der Waals surface area contributed by atoms with Gasteiger partial charge in [0.15, 0.2) is 15.9 Å². The number of benzene rings is 1. The summed E-state index contributed by atoms with van der Waals surface area (Å²) in [6.07, 6.45) is 2.63. The molecule has 4 rings (SSSR count). The van der Waals surface area contributed by atoms with Gasteiger partial charge in [-0.05, 0) is 18.1 Å². The molecule has 2 unspecified atom stereocenters. The van der Waals surface area contributed by atoms with Crippen LogP contribution in [-0.4, -0.2) is 36.5 Å². The van der Waals surface area contributed by atoms with E-state index in [0.29, 0.717) is 17.4 Å². The quantitative estimate of drug-likeness (QED) is 0.792. The topological polar surface area (TPSA) is 111 Å². The van der Waals surface area contributed by atoms with Crippen molar-refractivity contribution < 1.29 is 18.0 Å². The number of oxime groups is 1. The van der Waals surface area contributed by atoms with Crippen molar-refractivity contribution in [3.8, 4) is 0 Å². The molecule has 8 nitrogen and oxygen atoms in total. The number of nitrogens with one attached hydrogen (secondary N) is 1. The molecular weight excluding hydrogens is 346 g/mol. The van der Waals surface area contributed by atoms with Crippen molar-refractivity contribution in [2.24, 2.45) is 17.6 Å². The first-order chi connectivity index (χ1) is 11.8. The number of aldehydes is 1. The van der Waals surface area contributed by atoms with Gasteiger partial charge in [0.05, 0.1) is 10.5 Å². The third-order valence-electron chi connectivity index (χ3n) is 4.85. The van der Waals surface area contributed by atoms with E-state index in [-0.39, 0.29) is 28.2 Å². The molecule has 2 atom stereocenters. The predicted molar refractivity (Wildman–Crippen MR) is 88.1 cm³/mol. The fraction of sp³-hybridized carbons (Fsp3) is 0.312. The monoisotopic (exact) mass is 361 g/mol. The first kappa shape index (κ1) is 15.8. The molecule has 0 spiro atoms. The number of nitrogens with zero attached hydrogens (tertiary/aromatic N) is 2. The Morgan fingerprint density at radius 2 is 2.20 bits per heavy atom. The lowest BCUT2D eigenvalue weighted by molar-refractivity contribution is -0.117. The van der Waals surface area contributed by atoms with Crippen LogP contribution in [0.1, 0.15) is 22.8 Å². The summed E-state index contributed by atoms with van der Waals surface area (Å²) in [5.74, 6) is 0. The Kier molecular flexibility index (Phi) is 3.11. The number of aromatic amines is 1. The molecule has 130 valence electrons. The first-order valence-electron chi connectivity index (χ1n) is 7.57. The average molecular weight is 361 g/mol. The van der Waals surface area contributed by atoms with Gasteiger partial charge in [-0.1, -0.05) is 17.3 Å². The van der Waals surface area contributed by atoms with Gasteiger partial charge >= 0.3 is 0 Å². The van der Waals surface area contributed by atoms with Crippen LogP contribution in [0.5, 0.6) is 0 Å². The summed E-state index contributed by atoms with van der Waals surface area (Å²) in [4.78, 5) is 30.0. The molecule has 2 aromatic rings. The summed E-state index contributed by atoms with van der Waals surface area (Å²) >= 11 is 0. The Morgan fingerprint density at radius 3 is 2.80 bits per heavy atom. The second-order valence-corrected chi connectivity index (χ2v) is 8.40. The molecule has 0 amide bonds. The van der Waals surface area contributed by atoms with Crippen LogP contribution in [-0.2, 0) is 32.9 Å². The molecule has 1 N–H and O–H groups in total. The van der Waals surface area contributed by atoms with Gasteiger partial charge in [0, 0.05) is 25.1 Å². The van der Waals surface area contributed by atoms with Gasteiger partial charge in [0.1, 0.15) is 17.4 Å². The fourth-order valence-corrected chi connectivity index (χ4v) is 4.57. The van der Waals surface area contributed by atoms with Crippen LogP contribution in [0.25, 0.3) is 0 Å². The number of hydrogen-bond acceptors (Lipinski definition) is 6. The number of aromatic nitrogens is 2. The van der Waals surface area contributed by atoms with Crippen LogP contribution in [0.15, 0.2) is 39.2 Å². The van der Waals surface area contributed by atoms with Crippen LogP contribution < -0.4 is 5.56 Å². The molecule has 9 heteroatoms. The molecular formula is C16H15N3O5S. The van der Waals surface area contributed by atoms with Crippen molar-refractivity contribution in [2.75, 3.05) is 6.26 Å². The summed E-state index contributed by atoms with van der Waals surface area (Å²) in [6.45, 7) is 0. The minimum absolute atomic E-state index is 0.110. The van der Waals surface area contributed by atoms with E-state index in [1.807, 2.05) is 0 Å². The van der Waals surface area contributed by atoms with E-state index in [9.17, 15) is 18.0 Å². The van der Waals surface area contributed by atoms with E-state index in [0.717, 1.165) is 6.26 Å². The van der Waals surface area contributed by atoms with Crippen molar-refractivity contribution in [2.45, 2.75) is 17.4 Å². The lowest BCUT2D eigenvalue weighted by atomic mass is 9.77. The Labute approximate surface area is 143 Å². The third kappa shape index (κ3) is 1.98. The summed E-state index contributed by atoms with van der Waals surface area (Å²) < 4.78 is 25.6. The number of H-pyrrole nitrogens is 1. The van der Waals surface area contributed by atoms with Crippen LogP contribution >= 0.6 is 0 Å². The minimum Gasteiger partial charge on any atom is -0.386 e. The maximum atomic E-state index is 12.3. The van der Waals surface area contributed by atoms with Gasteiger partial charge in [-0.15, -0.1) is 0 Å². The molecule has 1 aliphatic carbocycles. The van der Waals surface area contributed by atoms with E-state index in [1.165, 1.54) is 16.9 Å². The molecule has 0 fully saturated rings. The van der Waals surface area contributed by atoms with Gasteiger partial charge in [-0.3, -0.25) is 9.48 Å². The molecule has 2 heterocycles. The maximum Gasteiger partial charge on any atom is 0.273 e. The van der Waals surface area contributed by atoms with Crippen LogP contribution in [0, 0.1) is 5.41 Å². The van der Waals surface area contributed by atoms with Crippen molar-refractivity contribution in [3.05, 3.63) is 51.4 Å². The van der Waals surface area contributed by atoms with Crippen molar-refractivity contribution in [1.82, 2.24) is 9.78 Å². The van der Waals surface area contributed by atoms with E-state index in [2.05, 4.69) is 10.3 Å². The second kappa shape index (κ2) is 4.92. The number of carbonyl (C=O) groups excluding carboxylic acids is 1. The third-order valence-corrected chi connectivity index (χ3v) is 5.99. The number of fused-ring (bicyclic) bond motifs is 3. The normalized spacial score (nSPS) is 24.4. The largest absolute Gasteiger partial charge is 0.386 e. The first-order valence-corrected chi connectivity index (χ1v) is 9.46. The molecule has 0 saturated carbocycles. The molecule has 2 aliphatic rings. The number of sulfone groups is 1. The van der Waals surface area contributed by atoms with Crippen molar-refractivity contribution >= 4 is 21.8 Å². The van der Waals surface area contributed by atoms with Gasteiger partial charge in [-0.2, -0.15) is 0 Å². The zero-order valence-electron chi connectivity index (χ0n) is 13.5. The lowest BCUT2D eigenvalue weighted by Gasteiger charge is -2.22. The predicted octanol–water partition coefficient (Wildman–Crippen LogP) is 0.334. The van der Waals surface area contributed by atoms with E-state index >= 15 is 0 Å². The van der Waals surface area contributed by atoms with Gasteiger partial charge in [-0.25, -0.2) is 8.42 Å². The number of carbonyl (C=O) groups is 1. The van der Waals surface area contributed by atoms with E-state index in [1.54, 1.807) is 19.2 Å². The highest BCUT2D eigenvalue weighted by Gasteiger charge is 2.57. The fourth-order valence-electron chi connectivity index (χ4n) is 3.64. The van der Waals surface area contributed by atoms with E-state index < -0.39 is 21.4 Å². The summed E-state index contributed by atoms with van der Waals surface area (Å²) in [5, 5.41) is 6.78. The molecule has 1 aromatic carbocycles. The second-order valence-electron chi connectivity index (χ2n) is 6.42. The smallest absolute Gasteiger partial charge is 0.273 e. The van der Waals surface area contributed by atoms with Crippen molar-refractivity contribution in [3.63, 3.8) is 0 Å². The lowest BCUT2D eigenvalue weighted by Crippen LogP contribution is -2.36.